The first-order chi connectivity index (χ1) is 8.12. The summed E-state index contributed by atoms with van der Waals surface area (Å²) in [6.45, 7) is 0.503. The summed E-state index contributed by atoms with van der Waals surface area (Å²) in [6.07, 6.45) is 3.45. The minimum absolute atomic E-state index is 0.138. The van der Waals surface area contributed by atoms with E-state index in [1.807, 2.05) is 0 Å². The number of hydrogen-bond donors (Lipinski definition) is 2. The van der Waals surface area contributed by atoms with Crippen LogP contribution < -0.4 is 10.0 Å². The minimum atomic E-state index is -3.09. The van der Waals surface area contributed by atoms with Crippen LogP contribution in [0, 0.1) is 0 Å². The molecule has 0 fully saturated rings. The van der Waals surface area contributed by atoms with Crippen LogP contribution in [0.15, 0.2) is 11.4 Å². The Morgan fingerprint density at radius 3 is 3.12 bits per heavy atom. The monoisotopic (exact) mass is 274 g/mol. The summed E-state index contributed by atoms with van der Waals surface area (Å²) in [5.41, 5.74) is 1.36. The second kappa shape index (κ2) is 5.48. The van der Waals surface area contributed by atoms with E-state index in [1.165, 1.54) is 30.3 Å². The van der Waals surface area contributed by atoms with Crippen LogP contribution in [-0.2, 0) is 16.4 Å². The fraction of sp³-hybridized carbons (Fsp3) is 0.636. The third kappa shape index (κ3) is 3.28. The zero-order chi connectivity index (χ0) is 12.3. The van der Waals surface area contributed by atoms with Crippen molar-refractivity contribution in [3.8, 4) is 0 Å². The normalized spacial score (nSPS) is 20.2. The van der Waals surface area contributed by atoms with Crippen molar-refractivity contribution >= 4 is 21.4 Å². The number of rotatable bonds is 5. The van der Waals surface area contributed by atoms with Crippen LogP contribution in [-0.4, -0.2) is 27.8 Å². The highest BCUT2D eigenvalue weighted by atomic mass is 32.2. The molecule has 0 aliphatic heterocycles. The van der Waals surface area contributed by atoms with E-state index in [0.717, 1.165) is 6.42 Å². The van der Waals surface area contributed by atoms with Crippen molar-refractivity contribution in [2.24, 2.45) is 0 Å². The molecular weight excluding hydrogens is 256 g/mol. The zero-order valence-corrected chi connectivity index (χ0v) is 11.5. The van der Waals surface area contributed by atoms with Crippen LogP contribution in [0.3, 0.4) is 0 Å². The van der Waals surface area contributed by atoms with Gasteiger partial charge in [-0.15, -0.1) is 11.3 Å². The molecule has 0 amide bonds. The molecule has 1 aliphatic carbocycles. The third-order valence-corrected chi connectivity index (χ3v) is 5.48. The van der Waals surface area contributed by atoms with Gasteiger partial charge in [0.05, 0.1) is 5.75 Å². The number of hydrogen-bond acceptors (Lipinski definition) is 4. The van der Waals surface area contributed by atoms with E-state index in [1.54, 1.807) is 11.3 Å². The lowest BCUT2D eigenvalue weighted by Crippen LogP contribution is -2.32. The van der Waals surface area contributed by atoms with Crippen molar-refractivity contribution in [2.75, 3.05) is 19.3 Å². The summed E-state index contributed by atoms with van der Waals surface area (Å²) < 4.78 is 24.9. The molecule has 1 aromatic heterocycles. The van der Waals surface area contributed by atoms with Gasteiger partial charge in [-0.3, -0.25) is 0 Å². The molecule has 4 nitrogen and oxygen atoms in total. The Morgan fingerprint density at radius 1 is 1.53 bits per heavy atom. The molecular formula is C11H18N2O2S2. The van der Waals surface area contributed by atoms with Crippen molar-refractivity contribution in [3.05, 3.63) is 21.9 Å². The summed E-state index contributed by atoms with van der Waals surface area (Å²) in [6, 6.07) is 2.49. The topological polar surface area (TPSA) is 58.2 Å². The Kier molecular flexibility index (Phi) is 4.19. The lowest BCUT2D eigenvalue weighted by atomic mass is 9.94. The molecule has 0 saturated carbocycles. The average Bonchev–Trinajstić information content (AvgIpc) is 2.78. The van der Waals surface area contributed by atoms with Crippen molar-refractivity contribution in [2.45, 2.75) is 25.3 Å². The molecule has 17 heavy (non-hydrogen) atoms. The Morgan fingerprint density at radius 2 is 2.35 bits per heavy atom. The second-order valence-electron chi connectivity index (χ2n) is 4.22. The van der Waals surface area contributed by atoms with Crippen LogP contribution in [0.1, 0.15) is 29.3 Å². The molecule has 2 rings (SSSR count). The van der Waals surface area contributed by atoms with Crippen LogP contribution in [0.2, 0.25) is 0 Å². The van der Waals surface area contributed by atoms with Crippen molar-refractivity contribution in [3.63, 3.8) is 0 Å². The molecule has 0 aromatic carbocycles. The van der Waals surface area contributed by atoms with Gasteiger partial charge in [0.25, 0.3) is 0 Å². The quantitative estimate of drug-likeness (QED) is 0.850. The highest BCUT2D eigenvalue weighted by molar-refractivity contribution is 7.89. The van der Waals surface area contributed by atoms with E-state index in [-0.39, 0.29) is 5.75 Å². The molecule has 1 aromatic rings. The number of fused-ring (bicyclic) bond motifs is 1. The lowest BCUT2D eigenvalue weighted by Gasteiger charge is -2.23. The smallest absolute Gasteiger partial charge is 0.212 e. The van der Waals surface area contributed by atoms with Gasteiger partial charge in [0.2, 0.25) is 10.0 Å². The van der Waals surface area contributed by atoms with Crippen LogP contribution >= 0.6 is 11.3 Å². The predicted octanol–water partition coefficient (Wildman–Crippen LogP) is 1.26. The Bertz CT molecular complexity index is 468. The number of nitrogens with one attached hydrogen (secondary N) is 2. The van der Waals surface area contributed by atoms with Gasteiger partial charge in [0, 0.05) is 17.5 Å². The fourth-order valence-corrected chi connectivity index (χ4v) is 3.75. The summed E-state index contributed by atoms with van der Waals surface area (Å²) in [5, 5.41) is 5.46. The minimum Gasteiger partial charge on any atom is -0.309 e. The van der Waals surface area contributed by atoms with E-state index >= 15 is 0 Å². The number of thiophene rings is 1. The van der Waals surface area contributed by atoms with Crippen molar-refractivity contribution in [1.82, 2.24) is 10.0 Å². The van der Waals surface area contributed by atoms with Crippen LogP contribution in [0.4, 0.5) is 0 Å². The summed E-state index contributed by atoms with van der Waals surface area (Å²) >= 11 is 1.80. The van der Waals surface area contributed by atoms with Crippen LogP contribution in [0.25, 0.3) is 0 Å². The maximum Gasteiger partial charge on any atom is 0.212 e. The van der Waals surface area contributed by atoms with Crippen molar-refractivity contribution in [1.29, 1.82) is 0 Å². The lowest BCUT2D eigenvalue weighted by molar-refractivity contribution is 0.474. The molecule has 1 unspecified atom stereocenters. The molecule has 1 aliphatic rings. The largest absolute Gasteiger partial charge is 0.309 e. The van der Waals surface area contributed by atoms with Gasteiger partial charge in [0.15, 0.2) is 0 Å². The molecule has 96 valence electrons. The summed E-state index contributed by atoms with van der Waals surface area (Å²) in [5.74, 6) is 0.138. The van der Waals surface area contributed by atoms with E-state index in [9.17, 15) is 8.42 Å². The molecule has 6 heteroatoms. The van der Waals surface area contributed by atoms with Gasteiger partial charge in [-0.2, -0.15) is 0 Å². The van der Waals surface area contributed by atoms with Crippen molar-refractivity contribution < 1.29 is 8.42 Å². The van der Waals surface area contributed by atoms with Gasteiger partial charge < -0.3 is 5.32 Å². The molecule has 0 saturated heterocycles. The van der Waals surface area contributed by atoms with Gasteiger partial charge in [0.1, 0.15) is 0 Å². The molecule has 1 heterocycles. The number of aryl methyl sites for hydroxylation is 1. The molecule has 2 N–H and O–H groups in total. The van der Waals surface area contributed by atoms with Gasteiger partial charge >= 0.3 is 0 Å². The fourth-order valence-electron chi connectivity index (χ4n) is 2.17. The highest BCUT2D eigenvalue weighted by Crippen LogP contribution is 2.32. The first-order valence-corrected chi connectivity index (χ1v) is 8.36. The maximum atomic E-state index is 11.3. The van der Waals surface area contributed by atoms with E-state index < -0.39 is 10.0 Å². The Labute approximate surface area is 106 Å². The van der Waals surface area contributed by atoms with E-state index in [0.29, 0.717) is 12.6 Å². The van der Waals surface area contributed by atoms with Gasteiger partial charge in [-0.1, -0.05) is 0 Å². The molecule has 0 bridgehead atoms. The Balaban J connectivity index is 1.90. The highest BCUT2D eigenvalue weighted by Gasteiger charge is 2.20. The standard InChI is InChI=1S/C11H18N2O2S2/c1-12-17(14,15)8-6-13-10-3-2-4-11-9(10)5-7-16-11/h5,7,10,12-13H,2-4,6,8H2,1H3. The second-order valence-corrected chi connectivity index (χ2v) is 7.27. The van der Waals surface area contributed by atoms with Gasteiger partial charge in [-0.25, -0.2) is 13.1 Å². The van der Waals surface area contributed by atoms with Gasteiger partial charge in [-0.05, 0) is 43.3 Å². The molecule has 1 atom stereocenters. The summed E-state index contributed by atoms with van der Waals surface area (Å²) in [4.78, 5) is 1.45. The molecule has 0 spiro atoms. The van der Waals surface area contributed by atoms with E-state index in [2.05, 4.69) is 21.5 Å². The Hall–Kier alpha value is -0.430. The SMILES string of the molecule is CNS(=O)(=O)CCNC1CCCc2sccc21. The predicted molar refractivity (Wildman–Crippen MR) is 70.8 cm³/mol. The van der Waals surface area contributed by atoms with E-state index in [4.69, 9.17) is 0 Å². The first kappa shape index (κ1) is 13.0. The third-order valence-electron chi connectivity index (χ3n) is 3.12. The molecule has 0 radical (unpaired) electrons. The maximum absolute atomic E-state index is 11.3. The first-order valence-electron chi connectivity index (χ1n) is 5.83. The average molecular weight is 274 g/mol. The van der Waals surface area contributed by atoms with Crippen LogP contribution in [0.5, 0.6) is 0 Å². The zero-order valence-electron chi connectivity index (χ0n) is 9.90. The number of sulfonamides is 1. The summed E-state index contributed by atoms with van der Waals surface area (Å²) in [7, 11) is -1.64.